The number of hydrogen-bond acceptors (Lipinski definition) is 3. The Labute approximate surface area is 84.3 Å². The Hall–Kier alpha value is -0.680. The van der Waals surface area contributed by atoms with E-state index in [9.17, 15) is 9.90 Å². The Morgan fingerprint density at radius 2 is 2.46 bits per heavy atom. The molecule has 1 aromatic heterocycles. The molecular formula is C8H11BrN2O2. The quantitative estimate of drug-likeness (QED) is 0.782. The summed E-state index contributed by atoms with van der Waals surface area (Å²) in [5.74, 6) is 0. The molecule has 0 aliphatic rings. The standard InChI is InChI=1S/C8H11BrN2O2/c1-6-2-8(13)11(10-4-6)5-7(12)3-9/h2,4,7,12H,3,5H2,1H3. The van der Waals surface area contributed by atoms with Crippen molar-refractivity contribution >= 4 is 15.9 Å². The van der Waals surface area contributed by atoms with E-state index >= 15 is 0 Å². The summed E-state index contributed by atoms with van der Waals surface area (Å²) in [6.07, 6.45) is 1.02. The fraction of sp³-hybridized carbons (Fsp3) is 0.500. The molecule has 0 spiro atoms. The molecule has 72 valence electrons. The first kappa shape index (κ1) is 10.4. The maximum atomic E-state index is 11.3. The SMILES string of the molecule is Cc1cnn(CC(O)CBr)c(=O)c1. The van der Waals surface area contributed by atoms with Crippen LogP contribution in [0.4, 0.5) is 0 Å². The van der Waals surface area contributed by atoms with Gasteiger partial charge in [-0.25, -0.2) is 4.68 Å². The molecule has 0 fully saturated rings. The number of aliphatic hydroxyl groups excluding tert-OH is 1. The summed E-state index contributed by atoms with van der Waals surface area (Å²) in [5, 5.41) is 13.6. The van der Waals surface area contributed by atoms with Crippen molar-refractivity contribution in [3.63, 3.8) is 0 Å². The molecular weight excluding hydrogens is 236 g/mol. The highest BCUT2D eigenvalue weighted by molar-refractivity contribution is 9.09. The van der Waals surface area contributed by atoms with Gasteiger partial charge in [-0.3, -0.25) is 4.79 Å². The summed E-state index contributed by atoms with van der Waals surface area (Å²) < 4.78 is 1.25. The Bertz CT molecular complexity index is 337. The molecule has 0 aromatic carbocycles. The summed E-state index contributed by atoms with van der Waals surface area (Å²) >= 11 is 3.12. The Balaban J connectivity index is 2.84. The van der Waals surface area contributed by atoms with Gasteiger partial charge >= 0.3 is 0 Å². The second-order valence-electron chi connectivity index (χ2n) is 2.86. The van der Waals surface area contributed by atoms with Crippen molar-refractivity contribution in [1.29, 1.82) is 0 Å². The topological polar surface area (TPSA) is 55.1 Å². The molecule has 13 heavy (non-hydrogen) atoms. The van der Waals surface area contributed by atoms with Gasteiger partial charge in [0.15, 0.2) is 0 Å². The molecule has 0 saturated heterocycles. The van der Waals surface area contributed by atoms with Crippen molar-refractivity contribution in [2.75, 3.05) is 5.33 Å². The first-order chi connectivity index (χ1) is 6.13. The highest BCUT2D eigenvalue weighted by Crippen LogP contribution is 1.93. The lowest BCUT2D eigenvalue weighted by Gasteiger charge is -2.07. The minimum absolute atomic E-state index is 0.181. The number of aromatic nitrogens is 2. The largest absolute Gasteiger partial charge is 0.390 e. The van der Waals surface area contributed by atoms with Crippen molar-refractivity contribution in [1.82, 2.24) is 9.78 Å². The van der Waals surface area contributed by atoms with E-state index in [4.69, 9.17) is 0 Å². The number of halogens is 1. The van der Waals surface area contributed by atoms with Crippen LogP contribution in [0.1, 0.15) is 5.56 Å². The molecule has 0 saturated carbocycles. The lowest BCUT2D eigenvalue weighted by Crippen LogP contribution is -2.29. The molecule has 1 unspecified atom stereocenters. The van der Waals surface area contributed by atoms with Gasteiger partial charge < -0.3 is 5.11 Å². The lowest BCUT2D eigenvalue weighted by molar-refractivity contribution is 0.171. The second kappa shape index (κ2) is 4.53. The summed E-state index contributed by atoms with van der Waals surface area (Å²) in [6, 6.07) is 1.49. The van der Waals surface area contributed by atoms with Gasteiger partial charge in [-0.2, -0.15) is 5.10 Å². The van der Waals surface area contributed by atoms with Crippen molar-refractivity contribution in [3.8, 4) is 0 Å². The summed E-state index contributed by atoms with van der Waals surface area (Å²) in [4.78, 5) is 11.3. The zero-order chi connectivity index (χ0) is 9.84. The van der Waals surface area contributed by atoms with E-state index in [1.165, 1.54) is 10.7 Å². The van der Waals surface area contributed by atoms with Crippen LogP contribution in [0.5, 0.6) is 0 Å². The maximum absolute atomic E-state index is 11.3. The van der Waals surface area contributed by atoms with Crippen LogP contribution in [-0.2, 0) is 6.54 Å². The molecule has 4 nitrogen and oxygen atoms in total. The third-order valence-corrected chi connectivity index (χ3v) is 2.32. The average molecular weight is 247 g/mol. The summed E-state index contributed by atoms with van der Waals surface area (Å²) in [7, 11) is 0. The fourth-order valence-electron chi connectivity index (χ4n) is 0.910. The van der Waals surface area contributed by atoms with Gasteiger partial charge in [-0.05, 0) is 12.5 Å². The van der Waals surface area contributed by atoms with Crippen molar-refractivity contribution in [2.45, 2.75) is 19.6 Å². The zero-order valence-electron chi connectivity index (χ0n) is 7.27. The van der Waals surface area contributed by atoms with Gasteiger partial charge in [0.05, 0.1) is 18.8 Å². The van der Waals surface area contributed by atoms with Crippen molar-refractivity contribution < 1.29 is 5.11 Å². The molecule has 0 amide bonds. The molecule has 0 bridgehead atoms. The third-order valence-electron chi connectivity index (χ3n) is 1.57. The summed E-state index contributed by atoms with van der Waals surface area (Å²) in [6.45, 7) is 2.03. The molecule has 0 radical (unpaired) electrons. The zero-order valence-corrected chi connectivity index (χ0v) is 8.86. The number of aryl methyl sites for hydroxylation is 1. The Kier molecular flexibility index (Phi) is 3.62. The average Bonchev–Trinajstić information content (AvgIpc) is 2.09. The van der Waals surface area contributed by atoms with Crippen LogP contribution in [0.2, 0.25) is 0 Å². The monoisotopic (exact) mass is 246 g/mol. The van der Waals surface area contributed by atoms with E-state index in [1.54, 1.807) is 13.1 Å². The van der Waals surface area contributed by atoms with Crippen LogP contribution in [0, 0.1) is 6.92 Å². The first-order valence-electron chi connectivity index (χ1n) is 3.91. The predicted molar refractivity (Wildman–Crippen MR) is 53.0 cm³/mol. The predicted octanol–water partition coefficient (Wildman–Crippen LogP) is 0.308. The van der Waals surface area contributed by atoms with Crippen molar-refractivity contribution in [2.24, 2.45) is 0 Å². The number of alkyl halides is 1. The number of hydrogen-bond donors (Lipinski definition) is 1. The highest BCUT2D eigenvalue weighted by Gasteiger charge is 2.04. The molecule has 1 aromatic rings. The minimum atomic E-state index is -0.576. The van der Waals surface area contributed by atoms with E-state index in [2.05, 4.69) is 21.0 Å². The Morgan fingerprint density at radius 1 is 1.77 bits per heavy atom. The second-order valence-corrected chi connectivity index (χ2v) is 3.51. The molecule has 5 heteroatoms. The number of rotatable bonds is 3. The van der Waals surface area contributed by atoms with E-state index < -0.39 is 6.10 Å². The Morgan fingerprint density at radius 3 is 3.00 bits per heavy atom. The van der Waals surface area contributed by atoms with Crippen molar-refractivity contribution in [3.05, 3.63) is 28.2 Å². The molecule has 1 heterocycles. The third kappa shape index (κ3) is 2.93. The van der Waals surface area contributed by atoms with Gasteiger partial charge in [0, 0.05) is 11.4 Å². The van der Waals surface area contributed by atoms with Gasteiger partial charge in [0.1, 0.15) is 0 Å². The smallest absolute Gasteiger partial charge is 0.267 e. The van der Waals surface area contributed by atoms with Crippen LogP contribution in [-0.4, -0.2) is 26.3 Å². The first-order valence-corrected chi connectivity index (χ1v) is 5.03. The lowest BCUT2D eigenvalue weighted by atomic mass is 10.3. The van der Waals surface area contributed by atoms with Crippen LogP contribution >= 0.6 is 15.9 Å². The van der Waals surface area contributed by atoms with E-state index in [0.717, 1.165) is 5.56 Å². The van der Waals surface area contributed by atoms with Gasteiger partial charge in [-0.15, -0.1) is 0 Å². The van der Waals surface area contributed by atoms with Gasteiger partial charge in [0.2, 0.25) is 0 Å². The molecule has 1 atom stereocenters. The van der Waals surface area contributed by atoms with Crippen LogP contribution in [0.3, 0.4) is 0 Å². The highest BCUT2D eigenvalue weighted by atomic mass is 79.9. The van der Waals surface area contributed by atoms with Crippen LogP contribution in [0.15, 0.2) is 17.1 Å². The van der Waals surface area contributed by atoms with Crippen LogP contribution < -0.4 is 5.56 Å². The van der Waals surface area contributed by atoms with E-state index in [0.29, 0.717) is 5.33 Å². The molecule has 0 aliphatic carbocycles. The summed E-state index contributed by atoms with van der Waals surface area (Å²) in [5.41, 5.74) is 0.648. The molecule has 1 rings (SSSR count). The normalized spacial score (nSPS) is 12.8. The fourth-order valence-corrected chi connectivity index (χ4v) is 1.11. The minimum Gasteiger partial charge on any atom is -0.390 e. The van der Waals surface area contributed by atoms with Gasteiger partial charge in [-0.1, -0.05) is 15.9 Å². The van der Waals surface area contributed by atoms with E-state index in [-0.39, 0.29) is 12.1 Å². The van der Waals surface area contributed by atoms with E-state index in [1.807, 2.05) is 0 Å². The maximum Gasteiger partial charge on any atom is 0.267 e. The number of aliphatic hydroxyl groups is 1. The van der Waals surface area contributed by atoms with Gasteiger partial charge in [0.25, 0.3) is 5.56 Å². The number of nitrogens with zero attached hydrogens (tertiary/aromatic N) is 2. The molecule has 1 N–H and O–H groups in total. The van der Waals surface area contributed by atoms with Crippen LogP contribution in [0.25, 0.3) is 0 Å². The molecule has 0 aliphatic heterocycles.